The third-order valence-electron chi connectivity index (χ3n) is 6.03. The van der Waals surface area contributed by atoms with Gasteiger partial charge in [-0.15, -0.1) is 0 Å². The number of benzene rings is 1. The zero-order valence-corrected chi connectivity index (χ0v) is 20.0. The van der Waals surface area contributed by atoms with Crippen molar-refractivity contribution in [3.05, 3.63) is 47.4 Å². The zero-order chi connectivity index (χ0) is 23.8. The van der Waals surface area contributed by atoms with Gasteiger partial charge in [0.15, 0.2) is 11.5 Å². The van der Waals surface area contributed by atoms with Gasteiger partial charge in [-0.3, -0.25) is 9.59 Å². The topological polar surface area (TPSA) is 81.5 Å². The molecule has 2 aromatic rings. The van der Waals surface area contributed by atoms with E-state index in [-0.39, 0.29) is 24.3 Å². The van der Waals surface area contributed by atoms with E-state index in [0.29, 0.717) is 48.9 Å². The molecule has 3 rings (SSSR count). The van der Waals surface area contributed by atoms with E-state index in [4.69, 9.17) is 18.6 Å². The van der Waals surface area contributed by atoms with E-state index < -0.39 is 0 Å². The average molecular weight is 459 g/mol. The Labute approximate surface area is 195 Å². The minimum atomic E-state index is -0.127. The van der Waals surface area contributed by atoms with Crippen LogP contribution >= 0.6 is 0 Å². The lowest BCUT2D eigenvalue weighted by Gasteiger charge is -2.26. The molecule has 1 aliphatic heterocycles. The van der Waals surface area contributed by atoms with Crippen LogP contribution in [-0.2, 0) is 16.0 Å². The molecular weight excluding hydrogens is 424 g/mol. The molecule has 0 N–H and O–H groups in total. The molecule has 1 unspecified atom stereocenters. The minimum absolute atomic E-state index is 0.00969. The van der Waals surface area contributed by atoms with Crippen molar-refractivity contribution in [3.63, 3.8) is 0 Å². The Morgan fingerprint density at radius 1 is 1.12 bits per heavy atom. The maximum Gasteiger partial charge on any atom is 0.257 e. The summed E-state index contributed by atoms with van der Waals surface area (Å²) in [6.07, 6.45) is 4.38. The zero-order valence-electron chi connectivity index (χ0n) is 20.0. The molecule has 8 heteroatoms. The Morgan fingerprint density at radius 3 is 2.55 bits per heavy atom. The predicted octanol–water partition coefficient (Wildman–Crippen LogP) is 3.32. The summed E-state index contributed by atoms with van der Waals surface area (Å²) < 4.78 is 21.7. The van der Waals surface area contributed by atoms with Gasteiger partial charge in [-0.1, -0.05) is 6.07 Å². The Kier molecular flexibility index (Phi) is 8.77. The number of methoxy groups -OCH3 is 2. The molecule has 1 atom stereocenters. The Balaban J connectivity index is 1.56. The van der Waals surface area contributed by atoms with E-state index >= 15 is 0 Å². The summed E-state index contributed by atoms with van der Waals surface area (Å²) in [6, 6.07) is 7.43. The molecule has 8 nitrogen and oxygen atoms in total. The fourth-order valence-corrected chi connectivity index (χ4v) is 3.97. The second-order valence-corrected chi connectivity index (χ2v) is 8.28. The van der Waals surface area contributed by atoms with Crippen molar-refractivity contribution in [2.24, 2.45) is 0 Å². The van der Waals surface area contributed by atoms with Gasteiger partial charge in [-0.05, 0) is 49.9 Å². The molecule has 1 aliphatic rings. The van der Waals surface area contributed by atoms with E-state index in [1.807, 2.05) is 18.2 Å². The number of likely N-dealkylation sites (N-methyl/N-ethyl adjacent to an activating group) is 1. The normalized spacial score (nSPS) is 15.3. The highest BCUT2D eigenvalue weighted by molar-refractivity contribution is 5.95. The van der Waals surface area contributed by atoms with E-state index in [9.17, 15) is 9.59 Å². The molecule has 0 aliphatic carbocycles. The molecule has 0 spiro atoms. The van der Waals surface area contributed by atoms with Crippen LogP contribution in [0.4, 0.5) is 0 Å². The fourth-order valence-electron chi connectivity index (χ4n) is 3.97. The first-order valence-electron chi connectivity index (χ1n) is 11.3. The summed E-state index contributed by atoms with van der Waals surface area (Å²) in [5.74, 6) is 1.79. The third-order valence-corrected chi connectivity index (χ3v) is 6.03. The Bertz CT molecular complexity index is 935. The van der Waals surface area contributed by atoms with Gasteiger partial charge >= 0.3 is 0 Å². The summed E-state index contributed by atoms with van der Waals surface area (Å²) >= 11 is 0. The Morgan fingerprint density at radius 2 is 1.91 bits per heavy atom. The van der Waals surface area contributed by atoms with Crippen LogP contribution < -0.4 is 9.47 Å². The first-order valence-corrected chi connectivity index (χ1v) is 11.3. The minimum Gasteiger partial charge on any atom is -0.493 e. The van der Waals surface area contributed by atoms with E-state index in [0.717, 1.165) is 25.0 Å². The molecular formula is C25H34N2O6. The molecule has 0 saturated carbocycles. The molecule has 2 heterocycles. The van der Waals surface area contributed by atoms with Crippen molar-refractivity contribution in [1.82, 2.24) is 9.80 Å². The maximum atomic E-state index is 13.1. The summed E-state index contributed by atoms with van der Waals surface area (Å²) in [7, 11) is 4.99. The van der Waals surface area contributed by atoms with Crippen molar-refractivity contribution >= 4 is 11.8 Å². The lowest BCUT2D eigenvalue weighted by atomic mass is 10.1. The van der Waals surface area contributed by atoms with Crippen molar-refractivity contribution in [3.8, 4) is 11.5 Å². The largest absolute Gasteiger partial charge is 0.493 e. The first-order chi connectivity index (χ1) is 15.9. The number of hydrogen-bond donors (Lipinski definition) is 0. The van der Waals surface area contributed by atoms with Gasteiger partial charge in [-0.25, -0.2) is 0 Å². The number of rotatable bonds is 11. The number of nitrogens with zero attached hydrogens (tertiary/aromatic N) is 2. The molecule has 0 radical (unpaired) electrons. The van der Waals surface area contributed by atoms with Crippen LogP contribution in [0.1, 0.15) is 40.9 Å². The number of carbonyl (C=O) groups is 2. The maximum absolute atomic E-state index is 13.1. The quantitative estimate of drug-likeness (QED) is 0.514. The van der Waals surface area contributed by atoms with Gasteiger partial charge in [0.2, 0.25) is 5.91 Å². The van der Waals surface area contributed by atoms with Crippen LogP contribution in [0.3, 0.4) is 0 Å². The van der Waals surface area contributed by atoms with Gasteiger partial charge in [0.25, 0.3) is 5.91 Å². The number of aryl methyl sites for hydroxylation is 1. The van der Waals surface area contributed by atoms with Gasteiger partial charge in [-0.2, -0.15) is 0 Å². The molecule has 1 fully saturated rings. The second-order valence-electron chi connectivity index (χ2n) is 8.28. The SMILES string of the molecule is COc1ccc(CCN(C)C(=O)CCN(CC2CCCO2)C(=O)c2ccoc2C)cc1OC. The number of carbonyl (C=O) groups excluding carboxylic acids is 2. The highest BCUT2D eigenvalue weighted by Crippen LogP contribution is 2.27. The Hall–Kier alpha value is -3.00. The second kappa shape index (κ2) is 11.7. The van der Waals surface area contributed by atoms with Gasteiger partial charge in [0.1, 0.15) is 5.76 Å². The van der Waals surface area contributed by atoms with Crippen LogP contribution in [-0.4, -0.2) is 75.2 Å². The van der Waals surface area contributed by atoms with Crippen molar-refractivity contribution in [1.29, 1.82) is 0 Å². The van der Waals surface area contributed by atoms with Crippen LogP contribution in [0.15, 0.2) is 34.9 Å². The van der Waals surface area contributed by atoms with E-state index in [2.05, 4.69) is 0 Å². The molecule has 1 saturated heterocycles. The van der Waals surface area contributed by atoms with Crippen molar-refractivity contribution in [2.45, 2.75) is 38.7 Å². The van der Waals surface area contributed by atoms with Crippen molar-refractivity contribution in [2.75, 3.05) is 47.5 Å². The molecule has 33 heavy (non-hydrogen) atoms. The summed E-state index contributed by atoms with van der Waals surface area (Å²) in [6.45, 7) is 3.86. The van der Waals surface area contributed by atoms with Crippen LogP contribution in [0.25, 0.3) is 0 Å². The molecule has 1 aromatic carbocycles. The number of furan rings is 1. The van der Waals surface area contributed by atoms with Gasteiger partial charge in [0.05, 0.1) is 32.2 Å². The predicted molar refractivity (Wildman–Crippen MR) is 124 cm³/mol. The molecule has 1 aromatic heterocycles. The highest BCUT2D eigenvalue weighted by Gasteiger charge is 2.26. The smallest absolute Gasteiger partial charge is 0.257 e. The lowest BCUT2D eigenvalue weighted by molar-refractivity contribution is -0.130. The van der Waals surface area contributed by atoms with E-state index in [1.165, 1.54) is 6.26 Å². The van der Waals surface area contributed by atoms with Crippen LogP contribution in [0, 0.1) is 6.92 Å². The number of hydrogen-bond acceptors (Lipinski definition) is 6. The fraction of sp³-hybridized carbons (Fsp3) is 0.520. The summed E-state index contributed by atoms with van der Waals surface area (Å²) in [5, 5.41) is 0. The van der Waals surface area contributed by atoms with Gasteiger partial charge < -0.3 is 28.4 Å². The van der Waals surface area contributed by atoms with Gasteiger partial charge in [0, 0.05) is 39.7 Å². The monoisotopic (exact) mass is 458 g/mol. The van der Waals surface area contributed by atoms with Crippen LogP contribution in [0.5, 0.6) is 11.5 Å². The number of amides is 2. The lowest BCUT2D eigenvalue weighted by Crippen LogP contribution is -2.40. The third kappa shape index (κ3) is 6.51. The molecule has 0 bridgehead atoms. The summed E-state index contributed by atoms with van der Waals surface area (Å²) in [5.41, 5.74) is 1.58. The average Bonchev–Trinajstić information content (AvgIpc) is 3.50. The van der Waals surface area contributed by atoms with Crippen molar-refractivity contribution < 1.29 is 28.2 Å². The highest BCUT2D eigenvalue weighted by atomic mass is 16.5. The first kappa shape index (κ1) is 24.6. The molecule has 2 amide bonds. The summed E-state index contributed by atoms with van der Waals surface area (Å²) in [4.78, 5) is 29.3. The van der Waals surface area contributed by atoms with Crippen LogP contribution in [0.2, 0.25) is 0 Å². The molecule has 180 valence electrons. The number of ether oxygens (including phenoxy) is 3. The standard InChI is InChI=1S/C25H34N2O6/c1-18-21(11-15-32-18)25(29)27(17-20-6-5-14-33-20)13-10-24(28)26(2)12-9-19-7-8-22(30-3)23(16-19)31-4/h7-8,11,15-16,20H,5-6,9-10,12-14,17H2,1-4H3. The van der Waals surface area contributed by atoms with E-state index in [1.54, 1.807) is 44.1 Å².